The Balaban J connectivity index is 2.09. The van der Waals surface area contributed by atoms with Gasteiger partial charge in [-0.25, -0.2) is 0 Å². The first-order valence-corrected chi connectivity index (χ1v) is 7.79. The van der Waals surface area contributed by atoms with Gasteiger partial charge in [0.05, 0.1) is 11.3 Å². The summed E-state index contributed by atoms with van der Waals surface area (Å²) in [6, 6.07) is 2.96. The van der Waals surface area contributed by atoms with Crippen molar-refractivity contribution in [1.82, 2.24) is 9.80 Å². The number of alkyl halides is 3. The molecule has 0 aromatic heterocycles. The van der Waals surface area contributed by atoms with Crippen molar-refractivity contribution in [1.29, 1.82) is 0 Å². The number of nitrogens with one attached hydrogen (secondary N) is 1. The van der Waals surface area contributed by atoms with Gasteiger partial charge >= 0.3 is 18.0 Å². The molecule has 1 aliphatic heterocycles. The van der Waals surface area contributed by atoms with E-state index in [0.717, 1.165) is 12.6 Å². The number of halogens is 4. The zero-order valence-corrected chi connectivity index (χ0v) is 13.7. The molecule has 2 amide bonds. The van der Waals surface area contributed by atoms with Crippen LogP contribution in [0.3, 0.4) is 0 Å². The number of hydrogen-bond acceptors (Lipinski definition) is 3. The van der Waals surface area contributed by atoms with E-state index in [4.69, 9.17) is 11.6 Å². The zero-order valence-electron chi connectivity index (χ0n) is 13.0. The van der Waals surface area contributed by atoms with E-state index in [9.17, 15) is 22.8 Å². The maximum Gasteiger partial charge on any atom is 0.418 e. The number of likely N-dealkylation sites (N-methyl/N-ethyl adjacent to an activating group) is 1. The van der Waals surface area contributed by atoms with Crippen molar-refractivity contribution < 1.29 is 22.8 Å². The molecule has 1 saturated heterocycles. The average Bonchev–Trinajstić information content (AvgIpc) is 2.55. The number of carbonyl (C=O) groups is 2. The summed E-state index contributed by atoms with van der Waals surface area (Å²) < 4.78 is 39.0. The Bertz CT molecular complexity index is 629. The van der Waals surface area contributed by atoms with Crippen molar-refractivity contribution in [2.45, 2.75) is 13.1 Å². The van der Waals surface area contributed by atoms with E-state index < -0.39 is 29.2 Å². The van der Waals surface area contributed by atoms with Gasteiger partial charge in [-0.15, -0.1) is 0 Å². The molecule has 9 heteroatoms. The first-order chi connectivity index (χ1) is 11.2. The Morgan fingerprint density at radius 3 is 2.38 bits per heavy atom. The molecule has 1 N–H and O–H groups in total. The molecule has 1 aromatic carbocycles. The molecule has 1 fully saturated rings. The lowest BCUT2D eigenvalue weighted by molar-refractivity contribution is -0.144. The summed E-state index contributed by atoms with van der Waals surface area (Å²) in [5.74, 6) is -1.93. The van der Waals surface area contributed by atoms with Crippen LogP contribution in [0.1, 0.15) is 12.5 Å². The monoisotopic (exact) mass is 363 g/mol. The molecule has 0 saturated carbocycles. The fourth-order valence-electron chi connectivity index (χ4n) is 2.45. The molecule has 0 unspecified atom stereocenters. The highest BCUT2D eigenvalue weighted by molar-refractivity contribution is 6.39. The molecular weight excluding hydrogens is 347 g/mol. The van der Waals surface area contributed by atoms with Crippen LogP contribution in [0.4, 0.5) is 18.9 Å². The zero-order chi connectivity index (χ0) is 17.9. The van der Waals surface area contributed by atoms with Gasteiger partial charge in [0.1, 0.15) is 0 Å². The Morgan fingerprint density at radius 2 is 1.83 bits per heavy atom. The third kappa shape index (κ3) is 4.39. The lowest BCUT2D eigenvalue weighted by Crippen LogP contribution is -2.51. The molecule has 0 aliphatic carbocycles. The number of piperazine rings is 1. The smallest absolute Gasteiger partial charge is 0.332 e. The minimum atomic E-state index is -4.69. The Hall–Kier alpha value is -1.80. The summed E-state index contributed by atoms with van der Waals surface area (Å²) in [4.78, 5) is 27.6. The minimum absolute atomic E-state index is 0.109. The molecule has 0 atom stereocenters. The van der Waals surface area contributed by atoms with Gasteiger partial charge in [0, 0.05) is 31.2 Å². The summed E-state index contributed by atoms with van der Waals surface area (Å²) in [5.41, 5.74) is -1.58. The second kappa shape index (κ2) is 7.40. The van der Waals surface area contributed by atoms with Gasteiger partial charge in [-0.2, -0.15) is 13.2 Å². The predicted molar refractivity (Wildman–Crippen MR) is 83.8 cm³/mol. The third-order valence-electron chi connectivity index (χ3n) is 3.84. The number of carbonyl (C=O) groups excluding carboxylic acids is 2. The van der Waals surface area contributed by atoms with E-state index in [1.807, 2.05) is 12.2 Å². The molecule has 2 rings (SSSR count). The van der Waals surface area contributed by atoms with E-state index >= 15 is 0 Å². The number of hydrogen-bond donors (Lipinski definition) is 1. The molecule has 1 heterocycles. The van der Waals surface area contributed by atoms with Crippen LogP contribution in [0.5, 0.6) is 0 Å². The van der Waals surface area contributed by atoms with E-state index in [1.54, 1.807) is 0 Å². The van der Waals surface area contributed by atoms with Crippen LogP contribution in [0, 0.1) is 0 Å². The van der Waals surface area contributed by atoms with Crippen LogP contribution in [0.15, 0.2) is 18.2 Å². The summed E-state index contributed by atoms with van der Waals surface area (Å²) >= 11 is 5.58. The Labute approximate surface area is 142 Å². The molecular formula is C15H17ClF3N3O2. The molecule has 0 bridgehead atoms. The molecule has 5 nitrogen and oxygen atoms in total. The van der Waals surface area contributed by atoms with Gasteiger partial charge in [0.15, 0.2) is 0 Å². The topological polar surface area (TPSA) is 52.7 Å². The molecule has 0 radical (unpaired) electrons. The summed E-state index contributed by atoms with van der Waals surface area (Å²) in [6.45, 7) is 4.82. The van der Waals surface area contributed by atoms with Gasteiger partial charge in [0.25, 0.3) is 0 Å². The van der Waals surface area contributed by atoms with Crippen molar-refractivity contribution in [3.63, 3.8) is 0 Å². The highest BCUT2D eigenvalue weighted by Crippen LogP contribution is 2.36. The van der Waals surface area contributed by atoms with Crippen LogP contribution >= 0.6 is 11.6 Å². The molecule has 24 heavy (non-hydrogen) atoms. The number of nitrogens with zero attached hydrogens (tertiary/aromatic N) is 2. The predicted octanol–water partition coefficient (Wildman–Crippen LogP) is 2.46. The molecule has 132 valence electrons. The van der Waals surface area contributed by atoms with Gasteiger partial charge in [0.2, 0.25) is 0 Å². The lowest BCUT2D eigenvalue weighted by Gasteiger charge is -2.33. The quantitative estimate of drug-likeness (QED) is 0.821. The maximum absolute atomic E-state index is 13.0. The van der Waals surface area contributed by atoms with Crippen molar-refractivity contribution >= 4 is 29.1 Å². The summed E-state index contributed by atoms with van der Waals surface area (Å²) in [5, 5.41) is 1.94. The summed E-state index contributed by atoms with van der Waals surface area (Å²) in [6.07, 6.45) is -4.69. The fraction of sp³-hybridized carbons (Fsp3) is 0.467. The number of amides is 2. The standard InChI is InChI=1S/C15H17ClF3N3O2/c1-2-21-5-7-22(8-6-21)14(24)13(23)20-12-4-3-10(16)9-11(12)15(17,18)19/h3-4,9H,2,5-8H2,1H3,(H,20,23). The van der Waals surface area contributed by atoms with Crippen molar-refractivity contribution in [3.8, 4) is 0 Å². The maximum atomic E-state index is 13.0. The van der Waals surface area contributed by atoms with Crippen molar-refractivity contribution in [2.24, 2.45) is 0 Å². The average molecular weight is 364 g/mol. The van der Waals surface area contributed by atoms with Crippen LogP contribution < -0.4 is 5.32 Å². The number of benzene rings is 1. The van der Waals surface area contributed by atoms with Crippen LogP contribution in [-0.2, 0) is 15.8 Å². The third-order valence-corrected chi connectivity index (χ3v) is 4.07. The van der Waals surface area contributed by atoms with Gasteiger partial charge in [-0.1, -0.05) is 18.5 Å². The SMILES string of the molecule is CCN1CCN(C(=O)C(=O)Nc2ccc(Cl)cc2C(F)(F)F)CC1. The van der Waals surface area contributed by atoms with Crippen LogP contribution in [0.2, 0.25) is 5.02 Å². The second-order valence-corrected chi connectivity index (χ2v) is 5.80. The summed E-state index contributed by atoms with van der Waals surface area (Å²) in [7, 11) is 0. The number of anilines is 1. The second-order valence-electron chi connectivity index (χ2n) is 5.37. The Morgan fingerprint density at radius 1 is 1.21 bits per heavy atom. The molecule has 1 aliphatic rings. The van der Waals surface area contributed by atoms with Crippen molar-refractivity contribution in [3.05, 3.63) is 28.8 Å². The van der Waals surface area contributed by atoms with E-state index in [-0.39, 0.29) is 5.02 Å². The van der Waals surface area contributed by atoms with E-state index in [0.29, 0.717) is 32.2 Å². The van der Waals surface area contributed by atoms with Crippen LogP contribution in [-0.4, -0.2) is 54.3 Å². The van der Waals surface area contributed by atoms with Gasteiger partial charge < -0.3 is 15.1 Å². The van der Waals surface area contributed by atoms with E-state index in [2.05, 4.69) is 4.90 Å². The number of rotatable bonds is 2. The largest absolute Gasteiger partial charge is 0.418 e. The first kappa shape index (κ1) is 18.5. The highest BCUT2D eigenvalue weighted by Gasteiger charge is 2.35. The highest BCUT2D eigenvalue weighted by atomic mass is 35.5. The minimum Gasteiger partial charge on any atom is -0.332 e. The van der Waals surface area contributed by atoms with Crippen LogP contribution in [0.25, 0.3) is 0 Å². The Kier molecular flexibility index (Phi) is 5.71. The lowest BCUT2D eigenvalue weighted by atomic mass is 10.1. The van der Waals surface area contributed by atoms with Gasteiger partial charge in [-0.3, -0.25) is 9.59 Å². The molecule has 0 spiro atoms. The fourth-order valence-corrected chi connectivity index (χ4v) is 2.62. The van der Waals surface area contributed by atoms with Gasteiger partial charge in [-0.05, 0) is 24.7 Å². The van der Waals surface area contributed by atoms with Crippen molar-refractivity contribution in [2.75, 3.05) is 38.0 Å². The molecule has 1 aromatic rings. The first-order valence-electron chi connectivity index (χ1n) is 7.41. The normalized spacial score (nSPS) is 16.1. The van der Waals surface area contributed by atoms with E-state index in [1.165, 1.54) is 11.0 Å².